The quantitative estimate of drug-likeness (QED) is 0.281. The summed E-state index contributed by atoms with van der Waals surface area (Å²) in [5.41, 5.74) is -0.579. The summed E-state index contributed by atoms with van der Waals surface area (Å²) in [5, 5.41) is 11.3. The van der Waals surface area contributed by atoms with Gasteiger partial charge in [-0.3, -0.25) is 0 Å². The van der Waals surface area contributed by atoms with Gasteiger partial charge in [0, 0.05) is 15.1 Å². The fraction of sp³-hybridized carbons (Fsp3) is 0.192. The van der Waals surface area contributed by atoms with Crippen LogP contribution in [0.4, 0.5) is 0 Å². The Hall–Kier alpha value is -2.75. The maximum Gasteiger partial charge on any atom is 0.338 e. The smallest absolute Gasteiger partial charge is 0.338 e. The maximum absolute atomic E-state index is 12.9. The standard InChI is InChI=1S/C26H19Cl3O7S/c27-17-7-1-14(2-8-17)23(30)34-13-20-21(35-24(31)15-3-9-18(28)10-4-15)22(26(33)37-20)36-25(32)16-5-11-19(29)12-6-16/h1-12,20-22,26,33H,13H2. The van der Waals surface area contributed by atoms with Gasteiger partial charge in [0.05, 0.1) is 21.9 Å². The molecule has 192 valence electrons. The number of hydrogen-bond acceptors (Lipinski definition) is 8. The number of carbonyl (C=O) groups is 3. The van der Waals surface area contributed by atoms with Gasteiger partial charge in [0.15, 0.2) is 12.2 Å². The van der Waals surface area contributed by atoms with E-state index in [0.29, 0.717) is 15.1 Å². The van der Waals surface area contributed by atoms with Crippen LogP contribution in [-0.2, 0) is 14.2 Å². The Morgan fingerprint density at radius 1 is 0.649 bits per heavy atom. The second kappa shape index (κ2) is 12.2. The van der Waals surface area contributed by atoms with Gasteiger partial charge in [-0.15, -0.1) is 11.8 Å². The van der Waals surface area contributed by atoms with Crippen LogP contribution < -0.4 is 0 Å². The fourth-order valence-electron chi connectivity index (χ4n) is 3.49. The van der Waals surface area contributed by atoms with Gasteiger partial charge in [-0.25, -0.2) is 14.4 Å². The van der Waals surface area contributed by atoms with Crippen molar-refractivity contribution >= 4 is 64.5 Å². The average molecular weight is 582 g/mol. The molecule has 0 spiro atoms. The molecule has 3 aromatic rings. The van der Waals surface area contributed by atoms with Crippen LogP contribution in [-0.4, -0.2) is 52.5 Å². The molecule has 1 aliphatic heterocycles. The van der Waals surface area contributed by atoms with Crippen molar-refractivity contribution in [1.82, 2.24) is 0 Å². The van der Waals surface area contributed by atoms with Crippen LogP contribution >= 0.6 is 46.6 Å². The third kappa shape index (κ3) is 6.97. The Morgan fingerprint density at radius 2 is 1.03 bits per heavy atom. The molecule has 1 heterocycles. The molecule has 4 rings (SSSR count). The number of esters is 3. The van der Waals surface area contributed by atoms with Crippen molar-refractivity contribution in [2.75, 3.05) is 6.61 Å². The first-order valence-corrected chi connectivity index (χ1v) is 13.0. The van der Waals surface area contributed by atoms with Crippen LogP contribution in [0, 0.1) is 0 Å². The summed E-state index contributed by atoms with van der Waals surface area (Å²) >= 11 is 18.6. The number of ether oxygens (including phenoxy) is 3. The molecule has 0 aliphatic carbocycles. The lowest BCUT2D eigenvalue weighted by Gasteiger charge is -2.24. The Kier molecular flexibility index (Phi) is 9.00. The van der Waals surface area contributed by atoms with Crippen molar-refractivity contribution in [2.45, 2.75) is 22.9 Å². The largest absolute Gasteiger partial charge is 0.461 e. The Labute approximate surface area is 231 Å². The van der Waals surface area contributed by atoms with E-state index in [1.54, 1.807) is 12.1 Å². The van der Waals surface area contributed by atoms with Crippen molar-refractivity contribution in [1.29, 1.82) is 0 Å². The van der Waals surface area contributed by atoms with Crippen LogP contribution in [0.1, 0.15) is 31.1 Å². The molecule has 4 atom stereocenters. The van der Waals surface area contributed by atoms with E-state index in [0.717, 1.165) is 11.8 Å². The molecule has 11 heteroatoms. The number of benzene rings is 3. The highest BCUT2D eigenvalue weighted by Gasteiger charge is 2.49. The first-order valence-electron chi connectivity index (χ1n) is 10.9. The Bertz CT molecular complexity index is 1270. The van der Waals surface area contributed by atoms with Gasteiger partial charge in [-0.2, -0.15) is 0 Å². The Balaban J connectivity index is 1.52. The summed E-state index contributed by atoms with van der Waals surface area (Å²) in [4.78, 5) is 38.1. The predicted molar refractivity (Wildman–Crippen MR) is 140 cm³/mol. The summed E-state index contributed by atoms with van der Waals surface area (Å²) in [7, 11) is 0. The van der Waals surface area contributed by atoms with Gasteiger partial charge in [-0.05, 0) is 72.8 Å². The lowest BCUT2D eigenvalue weighted by Crippen LogP contribution is -2.41. The molecular weight excluding hydrogens is 563 g/mol. The third-order valence-corrected chi connectivity index (χ3v) is 7.45. The van der Waals surface area contributed by atoms with Gasteiger partial charge in [-0.1, -0.05) is 34.8 Å². The zero-order chi connectivity index (χ0) is 26.5. The lowest BCUT2D eigenvalue weighted by atomic mass is 10.1. The van der Waals surface area contributed by atoms with Crippen LogP contribution in [0.3, 0.4) is 0 Å². The number of carbonyl (C=O) groups excluding carboxylic acids is 3. The molecule has 4 unspecified atom stereocenters. The summed E-state index contributed by atoms with van der Waals surface area (Å²) in [5.74, 6) is -2.10. The topological polar surface area (TPSA) is 99.1 Å². The summed E-state index contributed by atoms with van der Waals surface area (Å²) in [6.45, 7) is -0.225. The molecule has 0 radical (unpaired) electrons. The van der Waals surface area contributed by atoms with E-state index in [1.807, 2.05) is 0 Å². The molecule has 37 heavy (non-hydrogen) atoms. The second-order valence-corrected chi connectivity index (χ2v) is 10.6. The Morgan fingerprint density at radius 3 is 1.46 bits per heavy atom. The number of hydrogen-bond donors (Lipinski definition) is 1. The van der Waals surface area contributed by atoms with E-state index in [9.17, 15) is 19.5 Å². The minimum absolute atomic E-state index is 0.196. The van der Waals surface area contributed by atoms with E-state index in [2.05, 4.69) is 0 Å². The first-order chi connectivity index (χ1) is 17.7. The molecular formula is C26H19Cl3O7S. The molecule has 3 aromatic carbocycles. The zero-order valence-electron chi connectivity index (χ0n) is 18.9. The van der Waals surface area contributed by atoms with E-state index in [1.165, 1.54) is 60.7 Å². The summed E-state index contributed by atoms with van der Waals surface area (Å²) in [6.07, 6.45) is -2.36. The van der Waals surface area contributed by atoms with Gasteiger partial charge in [0.2, 0.25) is 0 Å². The van der Waals surface area contributed by atoms with E-state index < -0.39 is 40.8 Å². The van der Waals surface area contributed by atoms with Gasteiger partial charge in [0.25, 0.3) is 0 Å². The van der Waals surface area contributed by atoms with Crippen molar-refractivity contribution in [2.24, 2.45) is 0 Å². The third-order valence-electron chi connectivity index (χ3n) is 5.39. The van der Waals surface area contributed by atoms with Gasteiger partial charge in [0.1, 0.15) is 12.0 Å². The van der Waals surface area contributed by atoms with Crippen LogP contribution in [0.5, 0.6) is 0 Å². The number of halogens is 3. The zero-order valence-corrected chi connectivity index (χ0v) is 22.0. The maximum atomic E-state index is 12.9. The van der Waals surface area contributed by atoms with Crippen molar-refractivity contribution < 1.29 is 33.7 Å². The minimum atomic E-state index is -1.25. The van der Waals surface area contributed by atoms with Crippen LogP contribution in [0.25, 0.3) is 0 Å². The molecule has 1 aliphatic rings. The SMILES string of the molecule is O=C(OCC1SC(O)C(OC(=O)c2ccc(Cl)cc2)C1OC(=O)c1ccc(Cl)cc1)c1ccc(Cl)cc1. The molecule has 7 nitrogen and oxygen atoms in total. The number of rotatable bonds is 7. The molecule has 1 N–H and O–H groups in total. The molecule has 0 saturated carbocycles. The van der Waals surface area contributed by atoms with E-state index in [-0.39, 0.29) is 23.3 Å². The predicted octanol–water partition coefficient (Wildman–Crippen LogP) is 5.69. The highest BCUT2D eigenvalue weighted by atomic mass is 35.5. The van der Waals surface area contributed by atoms with Crippen molar-refractivity contribution in [3.05, 3.63) is 105 Å². The molecule has 1 saturated heterocycles. The monoisotopic (exact) mass is 580 g/mol. The average Bonchev–Trinajstić information content (AvgIpc) is 3.17. The summed E-state index contributed by atoms with van der Waals surface area (Å²) < 4.78 is 16.6. The van der Waals surface area contributed by atoms with E-state index >= 15 is 0 Å². The van der Waals surface area contributed by atoms with Gasteiger partial charge < -0.3 is 19.3 Å². The molecule has 0 bridgehead atoms. The number of aliphatic hydroxyl groups excluding tert-OH is 1. The fourth-order valence-corrected chi connectivity index (χ4v) is 5.11. The van der Waals surface area contributed by atoms with Crippen molar-refractivity contribution in [3.8, 4) is 0 Å². The van der Waals surface area contributed by atoms with Crippen LogP contribution in [0.15, 0.2) is 72.8 Å². The number of aliphatic hydroxyl groups is 1. The molecule has 0 amide bonds. The highest BCUT2D eigenvalue weighted by Crippen LogP contribution is 2.38. The van der Waals surface area contributed by atoms with Gasteiger partial charge >= 0.3 is 17.9 Å². The lowest BCUT2D eigenvalue weighted by molar-refractivity contribution is -0.0557. The normalized spacial score (nSPS) is 20.8. The minimum Gasteiger partial charge on any atom is -0.461 e. The number of thioether (sulfide) groups is 1. The molecule has 1 fully saturated rings. The van der Waals surface area contributed by atoms with Crippen molar-refractivity contribution in [3.63, 3.8) is 0 Å². The van der Waals surface area contributed by atoms with E-state index in [4.69, 9.17) is 49.0 Å². The second-order valence-electron chi connectivity index (χ2n) is 7.92. The van der Waals surface area contributed by atoms with Crippen LogP contribution in [0.2, 0.25) is 15.1 Å². The molecule has 0 aromatic heterocycles. The summed E-state index contributed by atoms with van der Waals surface area (Å²) in [6, 6.07) is 18.1. The highest BCUT2D eigenvalue weighted by molar-refractivity contribution is 8.00. The first kappa shape index (κ1) is 27.3.